The van der Waals surface area contributed by atoms with E-state index in [1.165, 1.54) is 36.0 Å². The molecular weight excluding hydrogens is 282 g/mol. The largest absolute Gasteiger partial charge is 0.334 e. The molecule has 4 heterocycles. The van der Waals surface area contributed by atoms with Crippen LogP contribution in [0.3, 0.4) is 0 Å². The number of urea groups is 1. The Labute approximate surface area is 128 Å². The lowest BCUT2D eigenvalue weighted by molar-refractivity contribution is 0.0777. The van der Waals surface area contributed by atoms with Crippen LogP contribution in [0.15, 0.2) is 30.3 Å². The first-order valence-corrected chi connectivity index (χ1v) is 8.38. The lowest BCUT2D eigenvalue weighted by Gasteiger charge is -2.44. The Hall–Kier alpha value is -1.59. The Morgan fingerprint density at radius 1 is 1.24 bits per heavy atom. The number of nitrogens with one attached hydrogen (secondary N) is 2. The van der Waals surface area contributed by atoms with Gasteiger partial charge >= 0.3 is 6.03 Å². The summed E-state index contributed by atoms with van der Waals surface area (Å²) >= 11 is 1.62. The number of hydrogen-bond donors (Lipinski definition) is 2. The van der Waals surface area contributed by atoms with E-state index in [2.05, 4.69) is 27.7 Å². The molecule has 2 N–H and O–H groups in total. The molecule has 1 aromatic heterocycles. The fourth-order valence-corrected chi connectivity index (χ4v) is 4.45. The van der Waals surface area contributed by atoms with Gasteiger partial charge in [-0.15, -0.1) is 11.3 Å². The lowest BCUT2D eigenvalue weighted by Crippen LogP contribution is -2.57. The summed E-state index contributed by atoms with van der Waals surface area (Å²) in [4.78, 5) is 14.6. The van der Waals surface area contributed by atoms with Crippen LogP contribution in [-0.4, -0.2) is 36.6 Å². The minimum absolute atomic E-state index is 0.0692. The van der Waals surface area contributed by atoms with Gasteiger partial charge in [0.05, 0.1) is 5.00 Å². The van der Waals surface area contributed by atoms with E-state index in [0.717, 1.165) is 11.5 Å². The quantitative estimate of drug-likeness (QED) is 0.895. The van der Waals surface area contributed by atoms with Gasteiger partial charge in [0.2, 0.25) is 0 Å². The summed E-state index contributed by atoms with van der Waals surface area (Å²) in [7, 11) is 0. The minimum Gasteiger partial charge on any atom is -0.334 e. The number of anilines is 1. The van der Waals surface area contributed by atoms with E-state index < -0.39 is 0 Å². The van der Waals surface area contributed by atoms with Gasteiger partial charge in [0.25, 0.3) is 0 Å². The van der Waals surface area contributed by atoms with E-state index in [1.807, 2.05) is 18.2 Å². The van der Waals surface area contributed by atoms with Crippen molar-refractivity contribution in [2.75, 3.05) is 25.0 Å². The third kappa shape index (κ3) is 2.63. The smallest absolute Gasteiger partial charge is 0.320 e. The van der Waals surface area contributed by atoms with Gasteiger partial charge in [-0.3, -0.25) is 5.32 Å². The molecule has 5 heteroatoms. The lowest BCUT2D eigenvalue weighted by atomic mass is 9.84. The number of rotatable bonds is 2. The van der Waals surface area contributed by atoms with Crippen molar-refractivity contribution in [3.8, 4) is 0 Å². The molecule has 4 nitrogen and oxygen atoms in total. The molecular formula is C16H19N3OS. The van der Waals surface area contributed by atoms with Crippen LogP contribution in [0.5, 0.6) is 0 Å². The predicted octanol–water partition coefficient (Wildman–Crippen LogP) is 3.12. The summed E-state index contributed by atoms with van der Waals surface area (Å²) in [5, 5.41) is 8.24. The van der Waals surface area contributed by atoms with Crippen LogP contribution in [0, 0.1) is 5.92 Å². The molecule has 1 atom stereocenters. The zero-order valence-corrected chi connectivity index (χ0v) is 12.7. The summed E-state index contributed by atoms with van der Waals surface area (Å²) in [6.07, 6.45) is 2.43. The van der Waals surface area contributed by atoms with Gasteiger partial charge in [0.15, 0.2) is 0 Å². The van der Waals surface area contributed by atoms with Crippen LogP contribution in [0.2, 0.25) is 0 Å². The Bertz CT molecular complexity index is 627. The van der Waals surface area contributed by atoms with E-state index in [0.29, 0.717) is 12.0 Å². The maximum Gasteiger partial charge on any atom is 0.320 e. The van der Waals surface area contributed by atoms with Crippen molar-refractivity contribution in [2.45, 2.75) is 18.9 Å². The molecule has 1 unspecified atom stereocenters. The van der Waals surface area contributed by atoms with Gasteiger partial charge in [-0.25, -0.2) is 4.79 Å². The fourth-order valence-electron chi connectivity index (χ4n) is 3.49. The maximum atomic E-state index is 12.2. The van der Waals surface area contributed by atoms with Gasteiger partial charge in [0.1, 0.15) is 0 Å². The van der Waals surface area contributed by atoms with Crippen LogP contribution >= 0.6 is 11.3 Å². The second-order valence-electron chi connectivity index (χ2n) is 5.99. The minimum atomic E-state index is -0.0692. The number of thiophene rings is 1. The van der Waals surface area contributed by atoms with E-state index in [-0.39, 0.29) is 6.03 Å². The van der Waals surface area contributed by atoms with E-state index >= 15 is 0 Å². The van der Waals surface area contributed by atoms with Crippen molar-refractivity contribution < 1.29 is 4.79 Å². The molecule has 0 radical (unpaired) electrons. The number of carbonyl (C=O) groups is 1. The highest BCUT2D eigenvalue weighted by atomic mass is 32.1. The highest BCUT2D eigenvalue weighted by molar-refractivity contribution is 7.22. The average molecular weight is 301 g/mol. The Kier molecular flexibility index (Phi) is 3.31. The summed E-state index contributed by atoms with van der Waals surface area (Å²) in [6, 6.07) is 10.5. The number of fused-ring (bicyclic) bond motifs is 4. The van der Waals surface area contributed by atoms with Crippen LogP contribution < -0.4 is 10.6 Å². The first-order chi connectivity index (χ1) is 10.3. The molecule has 5 rings (SSSR count). The molecule has 2 aromatic rings. The average Bonchev–Trinajstić information content (AvgIpc) is 2.90. The van der Waals surface area contributed by atoms with Crippen molar-refractivity contribution in [2.24, 2.45) is 5.92 Å². The Balaban J connectivity index is 1.41. The van der Waals surface area contributed by atoms with Gasteiger partial charge in [-0.1, -0.05) is 18.2 Å². The molecule has 3 aliphatic heterocycles. The number of piperidine rings is 3. The third-order valence-corrected chi connectivity index (χ3v) is 5.67. The zero-order valence-electron chi connectivity index (χ0n) is 11.8. The van der Waals surface area contributed by atoms with Crippen molar-refractivity contribution in [1.29, 1.82) is 0 Å². The van der Waals surface area contributed by atoms with Gasteiger partial charge < -0.3 is 10.2 Å². The second kappa shape index (κ2) is 5.31. The van der Waals surface area contributed by atoms with Crippen molar-refractivity contribution >= 4 is 32.5 Å². The number of hydrogen-bond acceptors (Lipinski definition) is 3. The molecule has 1 aromatic carbocycles. The Morgan fingerprint density at radius 2 is 2.05 bits per heavy atom. The molecule has 3 saturated heterocycles. The molecule has 110 valence electrons. The van der Waals surface area contributed by atoms with E-state index in [1.54, 1.807) is 11.3 Å². The molecule has 21 heavy (non-hydrogen) atoms. The van der Waals surface area contributed by atoms with Crippen molar-refractivity contribution in [3.05, 3.63) is 30.3 Å². The van der Waals surface area contributed by atoms with Crippen LogP contribution in [0.25, 0.3) is 10.1 Å². The molecule has 0 saturated carbocycles. The van der Waals surface area contributed by atoms with Gasteiger partial charge in [-0.05, 0) is 49.4 Å². The van der Waals surface area contributed by atoms with Crippen LogP contribution in [-0.2, 0) is 0 Å². The molecule has 2 bridgehead atoms. The normalized spacial score (nSPS) is 27.7. The molecule has 0 aliphatic carbocycles. The van der Waals surface area contributed by atoms with Crippen molar-refractivity contribution in [1.82, 2.24) is 10.2 Å². The van der Waals surface area contributed by atoms with E-state index in [9.17, 15) is 4.79 Å². The number of nitrogens with zero attached hydrogens (tertiary/aromatic N) is 1. The third-order valence-electron chi connectivity index (χ3n) is 4.63. The first kappa shape index (κ1) is 13.1. The monoisotopic (exact) mass is 301 g/mol. The molecule has 0 spiro atoms. The highest BCUT2D eigenvalue weighted by Gasteiger charge is 2.34. The molecule has 2 amide bonds. The Morgan fingerprint density at radius 3 is 2.76 bits per heavy atom. The summed E-state index contributed by atoms with van der Waals surface area (Å²) in [5.41, 5.74) is 0. The number of amides is 2. The van der Waals surface area contributed by atoms with Gasteiger partial charge in [-0.2, -0.15) is 0 Å². The maximum absolute atomic E-state index is 12.2. The predicted molar refractivity (Wildman–Crippen MR) is 86.9 cm³/mol. The SMILES string of the molecule is O=C(Nc1cc2ccccc2s1)NC1CN2CCC1CC2. The molecule has 3 fully saturated rings. The van der Waals surface area contributed by atoms with E-state index in [4.69, 9.17) is 0 Å². The topological polar surface area (TPSA) is 44.4 Å². The number of benzene rings is 1. The second-order valence-corrected chi connectivity index (χ2v) is 7.08. The highest BCUT2D eigenvalue weighted by Crippen LogP contribution is 2.30. The summed E-state index contributed by atoms with van der Waals surface area (Å²) < 4.78 is 1.20. The number of carbonyl (C=O) groups excluding carboxylic acids is 1. The summed E-state index contributed by atoms with van der Waals surface area (Å²) in [6.45, 7) is 3.39. The first-order valence-electron chi connectivity index (χ1n) is 7.56. The van der Waals surface area contributed by atoms with Crippen molar-refractivity contribution in [3.63, 3.8) is 0 Å². The van der Waals surface area contributed by atoms with Crippen LogP contribution in [0.1, 0.15) is 12.8 Å². The van der Waals surface area contributed by atoms with Gasteiger partial charge in [0, 0.05) is 17.3 Å². The fraction of sp³-hybridized carbons (Fsp3) is 0.438. The standard InChI is InChI=1S/C16H19N3OS/c20-16(17-13-10-19-7-5-11(13)6-8-19)18-15-9-12-3-1-2-4-14(12)21-15/h1-4,9,11,13H,5-8,10H2,(H2,17,18,20). The molecule has 3 aliphatic rings. The van der Waals surface area contributed by atoms with Crippen LogP contribution in [0.4, 0.5) is 9.80 Å². The summed E-state index contributed by atoms with van der Waals surface area (Å²) in [5.74, 6) is 0.656. The zero-order chi connectivity index (χ0) is 14.2.